The molecule has 0 aromatic carbocycles. The Bertz CT molecular complexity index is 818. The maximum Gasteiger partial charge on any atom is 0.248 e. The van der Waals surface area contributed by atoms with Crippen molar-refractivity contribution in [1.29, 1.82) is 0 Å². The number of likely N-dealkylation sites (tertiary alicyclic amines) is 1. The van der Waals surface area contributed by atoms with E-state index in [0.29, 0.717) is 29.7 Å². The van der Waals surface area contributed by atoms with Gasteiger partial charge in [0.1, 0.15) is 13.2 Å². The van der Waals surface area contributed by atoms with E-state index in [1.165, 1.54) is 6.92 Å². The molecule has 0 bridgehead atoms. The zero-order chi connectivity index (χ0) is 22.0. The number of aryl methyl sites for hydroxylation is 1. The summed E-state index contributed by atoms with van der Waals surface area (Å²) < 4.78 is 6.91. The second-order valence-corrected chi connectivity index (χ2v) is 8.68. The number of carbonyl (C=O) groups is 3. The first-order valence-corrected chi connectivity index (χ1v) is 10.9. The van der Waals surface area contributed by atoms with Gasteiger partial charge in [0.05, 0.1) is 11.3 Å². The third-order valence-corrected chi connectivity index (χ3v) is 6.78. The van der Waals surface area contributed by atoms with Crippen LogP contribution in [0, 0.1) is 25.7 Å². The van der Waals surface area contributed by atoms with Gasteiger partial charge in [-0.25, -0.2) is 0 Å². The Balaban J connectivity index is 1.59. The molecule has 0 radical (unpaired) electrons. The molecule has 1 aromatic heterocycles. The topological polar surface area (TPSA) is 84.7 Å². The Hall–Kier alpha value is -2.22. The minimum absolute atomic E-state index is 0.0236. The predicted octanol–water partition coefficient (Wildman–Crippen LogP) is 1.82. The van der Waals surface area contributed by atoms with Crippen molar-refractivity contribution in [2.75, 3.05) is 33.4 Å². The fourth-order valence-electron chi connectivity index (χ4n) is 5.08. The molecule has 1 aliphatic carbocycles. The first kappa shape index (κ1) is 22.5. The minimum Gasteiger partial charge on any atom is -0.372 e. The maximum absolute atomic E-state index is 12.9. The lowest BCUT2D eigenvalue weighted by molar-refractivity contribution is -0.137. The van der Waals surface area contributed by atoms with Crippen LogP contribution in [-0.4, -0.2) is 76.6 Å². The van der Waals surface area contributed by atoms with Crippen molar-refractivity contribution in [2.45, 2.75) is 59.5 Å². The van der Waals surface area contributed by atoms with Crippen molar-refractivity contribution >= 4 is 17.6 Å². The summed E-state index contributed by atoms with van der Waals surface area (Å²) in [5.41, 5.74) is 2.03. The van der Waals surface area contributed by atoms with Gasteiger partial charge in [-0.2, -0.15) is 5.10 Å². The van der Waals surface area contributed by atoms with Crippen molar-refractivity contribution in [2.24, 2.45) is 11.8 Å². The van der Waals surface area contributed by atoms with Crippen LogP contribution >= 0.6 is 0 Å². The van der Waals surface area contributed by atoms with Gasteiger partial charge in [-0.15, -0.1) is 0 Å². The number of ketones is 1. The minimum atomic E-state index is -0.0236. The highest BCUT2D eigenvalue weighted by molar-refractivity contribution is 5.96. The van der Waals surface area contributed by atoms with Crippen LogP contribution in [0.5, 0.6) is 0 Å². The fraction of sp³-hybridized carbons (Fsp3) is 0.727. The molecular weight excluding hydrogens is 384 g/mol. The lowest BCUT2D eigenvalue weighted by Gasteiger charge is -2.35. The zero-order valence-electron chi connectivity index (χ0n) is 18.8. The van der Waals surface area contributed by atoms with Crippen molar-refractivity contribution in [3.8, 4) is 0 Å². The number of fused-ring (bicyclic) bond motifs is 1. The normalized spacial score (nSPS) is 23.4. The Morgan fingerprint density at radius 2 is 1.90 bits per heavy atom. The van der Waals surface area contributed by atoms with Crippen LogP contribution in [0.4, 0.5) is 0 Å². The van der Waals surface area contributed by atoms with Crippen molar-refractivity contribution < 1.29 is 19.1 Å². The Morgan fingerprint density at radius 1 is 1.20 bits per heavy atom. The van der Waals surface area contributed by atoms with Crippen LogP contribution in [0.1, 0.15) is 54.9 Å². The molecule has 2 amide bonds. The molecule has 0 N–H and O–H groups in total. The number of aromatic nitrogens is 2. The van der Waals surface area contributed by atoms with E-state index >= 15 is 0 Å². The SMILES string of the molecule is CCOCC(=O)N(C)[C@H]1C[C@H]2CCN(C(=O)Cn3nc(C)c(C(C)=O)c3C)C[C@H]2C1. The number of piperidine rings is 1. The lowest BCUT2D eigenvalue weighted by atomic mass is 9.89. The van der Waals surface area contributed by atoms with Crippen LogP contribution in [0.2, 0.25) is 0 Å². The van der Waals surface area contributed by atoms with Crippen LogP contribution in [0.15, 0.2) is 0 Å². The summed E-state index contributed by atoms with van der Waals surface area (Å²) in [6.45, 7) is 9.35. The summed E-state index contributed by atoms with van der Waals surface area (Å²) >= 11 is 0. The molecule has 1 saturated heterocycles. The number of amides is 2. The molecule has 3 rings (SSSR count). The summed E-state index contributed by atoms with van der Waals surface area (Å²) in [5.74, 6) is 1.02. The molecule has 2 fully saturated rings. The van der Waals surface area contributed by atoms with Gasteiger partial charge in [-0.05, 0) is 58.8 Å². The van der Waals surface area contributed by atoms with E-state index in [2.05, 4.69) is 5.10 Å². The molecule has 30 heavy (non-hydrogen) atoms. The Kier molecular flexibility index (Phi) is 6.95. The Morgan fingerprint density at radius 3 is 2.53 bits per heavy atom. The van der Waals surface area contributed by atoms with E-state index in [-0.39, 0.29) is 36.8 Å². The number of likely N-dealkylation sites (N-methyl/N-ethyl adjacent to an activating group) is 1. The number of hydrogen-bond donors (Lipinski definition) is 0. The van der Waals surface area contributed by atoms with E-state index < -0.39 is 0 Å². The quantitative estimate of drug-likeness (QED) is 0.631. The Labute approximate surface area is 178 Å². The number of ether oxygens (including phenoxy) is 1. The number of nitrogens with zero attached hydrogens (tertiary/aromatic N) is 4. The summed E-state index contributed by atoms with van der Waals surface area (Å²) in [7, 11) is 1.86. The second-order valence-electron chi connectivity index (χ2n) is 8.68. The summed E-state index contributed by atoms with van der Waals surface area (Å²) in [6, 6.07) is 0.220. The number of Topliss-reactive ketones (excluding diaryl/α,β-unsaturated/α-hetero) is 1. The third kappa shape index (κ3) is 4.58. The first-order valence-electron chi connectivity index (χ1n) is 10.9. The van der Waals surface area contributed by atoms with Crippen LogP contribution in [0.3, 0.4) is 0 Å². The lowest BCUT2D eigenvalue weighted by Crippen LogP contribution is -2.43. The highest BCUT2D eigenvalue weighted by atomic mass is 16.5. The maximum atomic E-state index is 12.9. The predicted molar refractivity (Wildman–Crippen MR) is 112 cm³/mol. The average molecular weight is 419 g/mol. The van der Waals surface area contributed by atoms with Crippen molar-refractivity contribution in [3.05, 3.63) is 17.0 Å². The molecule has 166 valence electrons. The molecule has 1 aliphatic heterocycles. The summed E-state index contributed by atoms with van der Waals surface area (Å²) in [6.07, 6.45) is 2.90. The van der Waals surface area contributed by atoms with Crippen LogP contribution < -0.4 is 0 Å². The molecule has 8 heteroatoms. The van der Waals surface area contributed by atoms with E-state index in [0.717, 1.165) is 38.0 Å². The zero-order valence-corrected chi connectivity index (χ0v) is 18.8. The van der Waals surface area contributed by atoms with Gasteiger partial charge < -0.3 is 14.5 Å². The van der Waals surface area contributed by atoms with Crippen LogP contribution in [0.25, 0.3) is 0 Å². The molecule has 1 aromatic rings. The van der Waals surface area contributed by atoms with E-state index in [1.54, 1.807) is 11.6 Å². The van der Waals surface area contributed by atoms with Crippen molar-refractivity contribution in [1.82, 2.24) is 19.6 Å². The smallest absolute Gasteiger partial charge is 0.248 e. The van der Waals surface area contributed by atoms with Gasteiger partial charge in [-0.1, -0.05) is 0 Å². The monoisotopic (exact) mass is 418 g/mol. The highest BCUT2D eigenvalue weighted by Gasteiger charge is 2.41. The standard InChI is InChI=1S/C22H34N4O4/c1-6-30-13-21(29)24(5)19-9-17-7-8-25(11-18(17)10-19)20(28)12-26-15(3)22(16(4)27)14(2)23-26/h17-19H,6-13H2,1-5H3/t17-,18-,19+/m1/s1. The van der Waals surface area contributed by atoms with Gasteiger partial charge in [0.25, 0.3) is 0 Å². The largest absolute Gasteiger partial charge is 0.372 e. The number of rotatable bonds is 7. The summed E-state index contributed by atoms with van der Waals surface area (Å²) in [5, 5.41) is 4.40. The molecule has 1 saturated carbocycles. The van der Waals surface area contributed by atoms with Crippen LogP contribution in [-0.2, 0) is 20.9 Å². The van der Waals surface area contributed by atoms with Gasteiger partial charge in [0.2, 0.25) is 11.8 Å². The average Bonchev–Trinajstić information content (AvgIpc) is 3.25. The molecule has 0 unspecified atom stereocenters. The fourth-order valence-corrected chi connectivity index (χ4v) is 5.08. The third-order valence-electron chi connectivity index (χ3n) is 6.78. The van der Waals surface area contributed by atoms with Gasteiger partial charge in [0.15, 0.2) is 5.78 Å². The van der Waals surface area contributed by atoms with E-state index in [4.69, 9.17) is 4.74 Å². The van der Waals surface area contributed by atoms with Gasteiger partial charge in [-0.3, -0.25) is 19.1 Å². The van der Waals surface area contributed by atoms with E-state index in [9.17, 15) is 14.4 Å². The number of hydrogen-bond acceptors (Lipinski definition) is 5. The first-order chi connectivity index (χ1) is 14.2. The number of carbonyl (C=O) groups excluding carboxylic acids is 3. The van der Waals surface area contributed by atoms with Gasteiger partial charge >= 0.3 is 0 Å². The second kappa shape index (κ2) is 9.29. The van der Waals surface area contributed by atoms with E-state index in [1.807, 2.05) is 30.7 Å². The summed E-state index contributed by atoms with van der Waals surface area (Å²) in [4.78, 5) is 40.8. The molecule has 8 nitrogen and oxygen atoms in total. The molecule has 2 heterocycles. The van der Waals surface area contributed by atoms with Gasteiger partial charge in [0, 0.05) is 38.5 Å². The molecular formula is C22H34N4O4. The molecule has 3 atom stereocenters. The van der Waals surface area contributed by atoms with Crippen molar-refractivity contribution in [3.63, 3.8) is 0 Å². The molecule has 0 spiro atoms. The molecule has 2 aliphatic rings. The highest BCUT2D eigenvalue weighted by Crippen LogP contribution is 2.40.